The third kappa shape index (κ3) is 12.1. The predicted octanol–water partition coefficient (Wildman–Crippen LogP) is 0.556. The molecular weight excluding hydrogens is 460 g/mol. The number of hydrogen-bond acceptors (Lipinski definition) is 8. The molecule has 0 spiro atoms. The van der Waals surface area contributed by atoms with Crippen molar-refractivity contribution in [3.05, 3.63) is 12.2 Å². The second kappa shape index (κ2) is 18.0. The van der Waals surface area contributed by atoms with Gasteiger partial charge < -0.3 is 20.3 Å². The Labute approximate surface area is 205 Å². The number of fused-ring (bicyclic) bond motifs is 1. The molecule has 2 heterocycles. The lowest BCUT2D eigenvalue weighted by atomic mass is 10.0. The Morgan fingerprint density at radius 3 is 2.65 bits per heavy atom. The predicted molar refractivity (Wildman–Crippen MR) is 131 cm³/mol. The first-order valence-corrected chi connectivity index (χ1v) is 12.7. The van der Waals surface area contributed by atoms with Gasteiger partial charge in [0.05, 0.1) is 18.6 Å². The van der Waals surface area contributed by atoms with Gasteiger partial charge in [-0.25, -0.2) is 4.79 Å². The zero-order valence-corrected chi connectivity index (χ0v) is 20.6. The first-order valence-electron chi connectivity index (χ1n) is 11.7. The highest BCUT2D eigenvalue weighted by Gasteiger charge is 2.42. The standard InChI is InChI=1S/C12H22N4O3.C10H16N2O2S/c1-2-6-11(18)9-16(10-17)8-5-3-4-7-12(19)14-15-13;13-5-3-1-2-4-8-9-7(6-15-8)11-10(14)12-9/h2,6,10,15H,3-5,7-9,13H2,1H3,(H,14,19);5,7-9H,1-4,6H2,(H2,11,12,14)/b6-2-;. The van der Waals surface area contributed by atoms with Gasteiger partial charge in [-0.2, -0.15) is 17.3 Å². The Hall–Kier alpha value is -2.44. The summed E-state index contributed by atoms with van der Waals surface area (Å²) in [5.74, 6) is 5.68. The lowest BCUT2D eigenvalue weighted by molar-refractivity contribution is -0.124. The molecule has 6 N–H and O–H groups in total. The van der Waals surface area contributed by atoms with Gasteiger partial charge in [-0.1, -0.05) is 18.9 Å². The molecule has 34 heavy (non-hydrogen) atoms. The number of hydrogen-bond donors (Lipinski definition) is 5. The van der Waals surface area contributed by atoms with Crippen LogP contribution in [0.5, 0.6) is 0 Å². The van der Waals surface area contributed by atoms with Crippen LogP contribution in [0.2, 0.25) is 0 Å². The number of carbonyl (C=O) groups is 5. The number of allylic oxidation sites excluding steroid dienone is 1. The lowest BCUT2D eigenvalue weighted by Crippen LogP contribution is -2.42. The van der Waals surface area contributed by atoms with E-state index < -0.39 is 0 Å². The Morgan fingerprint density at radius 1 is 1.18 bits per heavy atom. The highest BCUT2D eigenvalue weighted by atomic mass is 32.2. The topological polar surface area (TPSA) is 163 Å². The van der Waals surface area contributed by atoms with Crippen LogP contribution in [0, 0.1) is 0 Å². The highest BCUT2D eigenvalue weighted by molar-refractivity contribution is 8.00. The van der Waals surface area contributed by atoms with Gasteiger partial charge in [0.25, 0.3) is 0 Å². The average molecular weight is 499 g/mol. The van der Waals surface area contributed by atoms with Crippen molar-refractivity contribution in [2.75, 3.05) is 18.8 Å². The molecule has 4 amide bonds. The number of urea groups is 1. The minimum absolute atomic E-state index is 0.0248. The molecule has 12 heteroatoms. The first-order chi connectivity index (χ1) is 16.4. The molecule has 11 nitrogen and oxygen atoms in total. The molecule has 3 atom stereocenters. The van der Waals surface area contributed by atoms with Gasteiger partial charge in [-0.15, -0.1) is 0 Å². The molecule has 0 aromatic carbocycles. The second-order valence-electron chi connectivity index (χ2n) is 8.12. The SMILES string of the molecule is C/C=C\C(=O)CN(C=O)CCCCCC(=O)NNN.O=CCCCCC1SCC2NC(=O)NC21. The summed E-state index contributed by atoms with van der Waals surface area (Å²) in [6.07, 6.45) is 11.2. The van der Waals surface area contributed by atoms with Crippen LogP contribution in [0.4, 0.5) is 4.79 Å². The molecule has 0 bridgehead atoms. The summed E-state index contributed by atoms with van der Waals surface area (Å²) < 4.78 is 0. The van der Waals surface area contributed by atoms with E-state index in [1.807, 2.05) is 11.8 Å². The molecule has 0 aliphatic carbocycles. The molecule has 2 aliphatic heterocycles. The zero-order chi connectivity index (χ0) is 25.2. The number of carbonyl (C=O) groups excluding carboxylic acids is 5. The summed E-state index contributed by atoms with van der Waals surface area (Å²) in [7, 11) is 0. The lowest BCUT2D eigenvalue weighted by Gasteiger charge is -2.15. The van der Waals surface area contributed by atoms with Gasteiger partial charge in [-0.05, 0) is 38.7 Å². The number of amides is 4. The molecule has 0 aromatic heterocycles. The smallest absolute Gasteiger partial charge is 0.315 e. The molecule has 2 fully saturated rings. The Kier molecular flexibility index (Phi) is 15.6. The van der Waals surface area contributed by atoms with E-state index in [0.717, 1.165) is 44.1 Å². The quantitative estimate of drug-likeness (QED) is 0.0515. The Morgan fingerprint density at radius 2 is 1.97 bits per heavy atom. The highest BCUT2D eigenvalue weighted by Crippen LogP contribution is 2.33. The van der Waals surface area contributed by atoms with E-state index in [4.69, 9.17) is 5.84 Å². The Balaban J connectivity index is 0.000000347. The molecule has 0 radical (unpaired) electrons. The maximum absolute atomic E-state index is 11.3. The Bertz CT molecular complexity index is 693. The summed E-state index contributed by atoms with van der Waals surface area (Å²) in [6, 6.07) is 0.598. The third-order valence-corrected chi connectivity index (χ3v) is 6.93. The maximum atomic E-state index is 11.3. The van der Waals surface area contributed by atoms with Crippen LogP contribution in [-0.4, -0.2) is 71.5 Å². The van der Waals surface area contributed by atoms with Crippen molar-refractivity contribution in [3.8, 4) is 0 Å². The zero-order valence-electron chi connectivity index (χ0n) is 19.8. The average Bonchev–Trinajstić information content (AvgIpc) is 3.35. The molecular formula is C22H38N6O5S. The number of nitrogens with two attached hydrogens (primary N) is 1. The van der Waals surface area contributed by atoms with Crippen molar-refractivity contribution in [1.82, 2.24) is 26.5 Å². The summed E-state index contributed by atoms with van der Waals surface area (Å²) >= 11 is 1.93. The van der Waals surface area contributed by atoms with Crippen LogP contribution in [-0.2, 0) is 19.2 Å². The van der Waals surface area contributed by atoms with Crippen molar-refractivity contribution in [3.63, 3.8) is 0 Å². The summed E-state index contributed by atoms with van der Waals surface area (Å²) in [5, 5.41) is 6.42. The van der Waals surface area contributed by atoms with Crippen LogP contribution >= 0.6 is 11.8 Å². The minimum atomic E-state index is -0.169. The molecule has 0 aromatic rings. The minimum Gasteiger partial charge on any atom is -0.338 e. The molecule has 192 valence electrons. The van der Waals surface area contributed by atoms with Gasteiger partial charge in [-0.3, -0.25) is 25.7 Å². The van der Waals surface area contributed by atoms with E-state index in [0.29, 0.717) is 49.6 Å². The summed E-state index contributed by atoms with van der Waals surface area (Å²) in [4.78, 5) is 55.8. The van der Waals surface area contributed by atoms with E-state index in [9.17, 15) is 24.0 Å². The monoisotopic (exact) mass is 498 g/mol. The molecule has 2 saturated heterocycles. The number of aldehydes is 1. The number of hydrazine groups is 2. The first kappa shape index (κ1) is 29.6. The number of thioether (sulfide) groups is 1. The van der Waals surface area contributed by atoms with E-state index in [-0.39, 0.29) is 24.3 Å². The summed E-state index contributed by atoms with van der Waals surface area (Å²) in [5.41, 5.74) is 4.34. The van der Waals surface area contributed by atoms with Gasteiger partial charge in [0.15, 0.2) is 5.78 Å². The summed E-state index contributed by atoms with van der Waals surface area (Å²) in [6.45, 7) is 2.37. The van der Waals surface area contributed by atoms with E-state index in [2.05, 4.69) is 21.6 Å². The number of unbranched alkanes of at least 4 members (excludes halogenated alkanes) is 4. The number of nitrogens with zero attached hydrogens (tertiary/aromatic N) is 1. The van der Waals surface area contributed by atoms with E-state index in [1.54, 1.807) is 13.0 Å². The van der Waals surface area contributed by atoms with Gasteiger partial charge >= 0.3 is 6.03 Å². The largest absolute Gasteiger partial charge is 0.338 e. The van der Waals surface area contributed by atoms with Crippen LogP contribution in [0.1, 0.15) is 58.3 Å². The second-order valence-corrected chi connectivity index (χ2v) is 9.39. The third-order valence-electron chi connectivity index (χ3n) is 5.42. The van der Waals surface area contributed by atoms with E-state index >= 15 is 0 Å². The van der Waals surface area contributed by atoms with Crippen LogP contribution in [0.25, 0.3) is 0 Å². The molecule has 3 unspecified atom stereocenters. The van der Waals surface area contributed by atoms with Crippen LogP contribution < -0.4 is 27.4 Å². The molecule has 2 rings (SSSR count). The van der Waals surface area contributed by atoms with Crippen LogP contribution in [0.15, 0.2) is 12.2 Å². The van der Waals surface area contributed by atoms with Crippen molar-refractivity contribution < 1.29 is 24.0 Å². The van der Waals surface area contributed by atoms with E-state index in [1.165, 1.54) is 11.0 Å². The van der Waals surface area contributed by atoms with Crippen molar-refractivity contribution in [2.45, 2.75) is 75.6 Å². The maximum Gasteiger partial charge on any atom is 0.315 e. The fraction of sp³-hybridized carbons (Fsp3) is 0.682. The number of nitrogens with one attached hydrogen (secondary N) is 4. The van der Waals surface area contributed by atoms with Crippen LogP contribution in [0.3, 0.4) is 0 Å². The fourth-order valence-electron chi connectivity index (χ4n) is 3.74. The molecule has 0 saturated carbocycles. The van der Waals surface area contributed by atoms with Crippen molar-refractivity contribution in [2.24, 2.45) is 5.84 Å². The van der Waals surface area contributed by atoms with Crippen molar-refractivity contribution in [1.29, 1.82) is 0 Å². The van der Waals surface area contributed by atoms with Crippen molar-refractivity contribution >= 4 is 42.2 Å². The number of ketones is 1. The molecule has 2 aliphatic rings. The normalized spacial score (nSPS) is 20.5. The van der Waals surface area contributed by atoms with Gasteiger partial charge in [0.1, 0.15) is 6.29 Å². The fourth-order valence-corrected chi connectivity index (χ4v) is 5.29. The number of rotatable bonds is 16. The van der Waals surface area contributed by atoms with Gasteiger partial charge in [0, 0.05) is 30.4 Å². The van der Waals surface area contributed by atoms with Gasteiger partial charge in [0.2, 0.25) is 12.3 Å².